The number of benzene rings is 1. The Balaban J connectivity index is 3.17. The van der Waals surface area contributed by atoms with Gasteiger partial charge in [-0.1, -0.05) is 19.9 Å². The molecule has 0 saturated carbocycles. The van der Waals surface area contributed by atoms with Crippen LogP contribution >= 0.6 is 0 Å². The lowest BCUT2D eigenvalue weighted by atomic mass is 9.78. The number of carbonyl (C=O) groups excluding carboxylic acids is 2. The lowest BCUT2D eigenvalue weighted by Gasteiger charge is -2.33. The van der Waals surface area contributed by atoms with Crippen LogP contribution in [-0.2, 0) is 30.2 Å². The van der Waals surface area contributed by atoms with E-state index < -0.39 is 23.1 Å². The second kappa shape index (κ2) is 13.5. The monoisotopic (exact) mass is 481 g/mol. The molecule has 34 heavy (non-hydrogen) atoms. The smallest absolute Gasteiger partial charge is 0.338 e. The summed E-state index contributed by atoms with van der Waals surface area (Å²) in [5.41, 5.74) is 4.73. The molecule has 1 aromatic rings. The fourth-order valence-corrected chi connectivity index (χ4v) is 3.49. The Morgan fingerprint density at radius 2 is 1.71 bits per heavy atom. The Kier molecular flexibility index (Phi) is 11.8. The van der Waals surface area contributed by atoms with Crippen molar-refractivity contribution < 1.29 is 33.3 Å². The van der Waals surface area contributed by atoms with E-state index in [0.717, 1.165) is 12.0 Å². The summed E-state index contributed by atoms with van der Waals surface area (Å²) in [4.78, 5) is 25.8. The highest BCUT2D eigenvalue weighted by Crippen LogP contribution is 2.33. The third-order valence-corrected chi connectivity index (χ3v) is 5.41. The van der Waals surface area contributed by atoms with Gasteiger partial charge >= 0.3 is 11.9 Å². The fraction of sp³-hybridized carbons (Fsp3) is 0.692. The van der Waals surface area contributed by atoms with E-state index in [1.165, 1.54) is 0 Å². The maximum absolute atomic E-state index is 13.0. The van der Waals surface area contributed by atoms with Crippen molar-refractivity contribution >= 4 is 11.9 Å². The molecule has 194 valence electrons. The predicted molar refractivity (Wildman–Crippen MR) is 131 cm³/mol. The van der Waals surface area contributed by atoms with Crippen LogP contribution in [0.25, 0.3) is 0 Å². The summed E-state index contributed by atoms with van der Waals surface area (Å²) in [7, 11) is 3.25. The van der Waals surface area contributed by atoms with Crippen LogP contribution in [0, 0.1) is 11.8 Å². The van der Waals surface area contributed by atoms with Gasteiger partial charge in [-0.15, -0.1) is 0 Å². The number of ether oxygens (including phenoxy) is 5. The zero-order valence-corrected chi connectivity index (χ0v) is 22.1. The molecule has 0 radical (unpaired) electrons. The molecule has 0 aliphatic carbocycles. The first-order valence-electron chi connectivity index (χ1n) is 11.9. The maximum atomic E-state index is 13.0. The zero-order valence-electron chi connectivity index (χ0n) is 22.1. The average molecular weight is 482 g/mol. The van der Waals surface area contributed by atoms with Crippen LogP contribution in [0.15, 0.2) is 18.2 Å². The molecule has 0 spiro atoms. The quantitative estimate of drug-likeness (QED) is 0.242. The predicted octanol–water partition coefficient (Wildman–Crippen LogP) is 3.92. The van der Waals surface area contributed by atoms with Gasteiger partial charge in [0.1, 0.15) is 5.60 Å². The highest BCUT2D eigenvalue weighted by Gasteiger charge is 2.48. The molecule has 0 aromatic heterocycles. The van der Waals surface area contributed by atoms with Crippen molar-refractivity contribution in [1.82, 2.24) is 0 Å². The van der Waals surface area contributed by atoms with E-state index >= 15 is 0 Å². The zero-order chi connectivity index (χ0) is 25.9. The van der Waals surface area contributed by atoms with Gasteiger partial charge in [-0.3, -0.25) is 0 Å². The molecule has 0 heterocycles. The molecule has 0 amide bonds. The highest BCUT2D eigenvalue weighted by molar-refractivity contribution is 6.04. The molecule has 0 fully saturated rings. The van der Waals surface area contributed by atoms with Crippen LogP contribution < -0.4 is 15.2 Å². The van der Waals surface area contributed by atoms with E-state index in [1.54, 1.807) is 41.9 Å². The van der Waals surface area contributed by atoms with E-state index in [1.807, 2.05) is 32.0 Å². The number of rotatable bonds is 14. The molecule has 1 aromatic carbocycles. The van der Waals surface area contributed by atoms with E-state index in [0.29, 0.717) is 31.1 Å². The first kappa shape index (κ1) is 29.7. The van der Waals surface area contributed by atoms with Gasteiger partial charge in [-0.25, -0.2) is 9.59 Å². The van der Waals surface area contributed by atoms with Crippen LogP contribution in [-0.4, -0.2) is 57.1 Å². The van der Waals surface area contributed by atoms with Crippen LogP contribution in [0.4, 0.5) is 0 Å². The molecule has 0 saturated heterocycles. The number of esters is 2. The number of methoxy groups -OCH3 is 2. The summed E-state index contributed by atoms with van der Waals surface area (Å²) in [5, 5.41) is 0. The molecule has 2 N–H and O–H groups in total. The van der Waals surface area contributed by atoms with Gasteiger partial charge in [0.15, 0.2) is 11.5 Å². The SMILES string of the molecule is CCOC(=O)[C@@](N)(C[C@H](Cc1ccc(OC)c(OCCCOC)c1)C(C)C)C(=O)OC(C)(C)C. The molecule has 8 nitrogen and oxygen atoms in total. The molecule has 8 heteroatoms. The Labute approximate surface area is 204 Å². The molecule has 0 unspecified atom stereocenters. The van der Waals surface area contributed by atoms with Crippen molar-refractivity contribution in [2.24, 2.45) is 17.6 Å². The van der Waals surface area contributed by atoms with Gasteiger partial charge < -0.3 is 29.4 Å². The second-order valence-corrected chi connectivity index (χ2v) is 9.79. The molecular formula is C26H43NO7. The lowest BCUT2D eigenvalue weighted by Crippen LogP contribution is -2.59. The van der Waals surface area contributed by atoms with E-state index in [4.69, 9.17) is 29.4 Å². The molecular weight excluding hydrogens is 438 g/mol. The van der Waals surface area contributed by atoms with Crippen molar-refractivity contribution in [3.63, 3.8) is 0 Å². The summed E-state index contributed by atoms with van der Waals surface area (Å²) < 4.78 is 27.1. The van der Waals surface area contributed by atoms with Crippen molar-refractivity contribution in [3.05, 3.63) is 23.8 Å². The van der Waals surface area contributed by atoms with Crippen LogP contribution in [0.3, 0.4) is 0 Å². The van der Waals surface area contributed by atoms with Gasteiger partial charge in [0.25, 0.3) is 0 Å². The van der Waals surface area contributed by atoms with Crippen molar-refractivity contribution in [3.8, 4) is 11.5 Å². The lowest BCUT2D eigenvalue weighted by molar-refractivity contribution is -0.172. The minimum atomic E-state index is -1.90. The van der Waals surface area contributed by atoms with Crippen molar-refractivity contribution in [1.29, 1.82) is 0 Å². The summed E-state index contributed by atoms with van der Waals surface area (Å²) >= 11 is 0. The molecule has 1 rings (SSSR count). The summed E-state index contributed by atoms with van der Waals surface area (Å²) in [5.74, 6) is -0.247. The van der Waals surface area contributed by atoms with Gasteiger partial charge in [-0.2, -0.15) is 0 Å². The van der Waals surface area contributed by atoms with E-state index in [2.05, 4.69) is 0 Å². The van der Waals surface area contributed by atoms with Gasteiger partial charge in [0, 0.05) is 20.1 Å². The van der Waals surface area contributed by atoms with Crippen LogP contribution in [0.5, 0.6) is 11.5 Å². The summed E-state index contributed by atoms with van der Waals surface area (Å²) in [6.07, 6.45) is 1.43. The normalized spacial score (nSPS) is 14.3. The Morgan fingerprint density at radius 3 is 2.24 bits per heavy atom. The Morgan fingerprint density at radius 1 is 1.03 bits per heavy atom. The Bertz CT molecular complexity index is 788. The fourth-order valence-electron chi connectivity index (χ4n) is 3.49. The van der Waals surface area contributed by atoms with Crippen LogP contribution in [0.2, 0.25) is 0 Å². The first-order valence-corrected chi connectivity index (χ1v) is 11.9. The van der Waals surface area contributed by atoms with Gasteiger partial charge in [-0.05, 0) is 70.1 Å². The standard InChI is InChI=1S/C26H43NO7/c1-9-32-23(28)26(27,24(29)34-25(4,5)6)17-20(18(2)3)15-19-11-12-21(31-8)22(16-19)33-14-10-13-30-7/h11-12,16,18,20H,9-10,13-15,17,27H2,1-8H3/t20-,26-/m0/s1. The van der Waals surface area contributed by atoms with E-state index in [-0.39, 0.29) is 24.9 Å². The van der Waals surface area contributed by atoms with Crippen LogP contribution in [0.1, 0.15) is 59.9 Å². The number of hydrogen-bond acceptors (Lipinski definition) is 8. The van der Waals surface area contributed by atoms with Gasteiger partial charge in [0.05, 0.1) is 20.3 Å². The largest absolute Gasteiger partial charge is 0.493 e. The third-order valence-electron chi connectivity index (χ3n) is 5.41. The summed E-state index contributed by atoms with van der Waals surface area (Å²) in [6.45, 7) is 12.2. The maximum Gasteiger partial charge on any atom is 0.338 e. The van der Waals surface area contributed by atoms with Crippen molar-refractivity contribution in [2.45, 2.75) is 71.9 Å². The molecule has 0 aliphatic heterocycles. The average Bonchev–Trinajstić information content (AvgIpc) is 2.75. The summed E-state index contributed by atoms with van der Waals surface area (Å²) in [6, 6.07) is 5.73. The second-order valence-electron chi connectivity index (χ2n) is 9.79. The minimum absolute atomic E-state index is 0.0917. The molecule has 2 atom stereocenters. The number of nitrogens with two attached hydrogens (primary N) is 1. The first-order chi connectivity index (χ1) is 15.9. The van der Waals surface area contributed by atoms with E-state index in [9.17, 15) is 9.59 Å². The Hall–Kier alpha value is -2.32. The number of carbonyl (C=O) groups is 2. The minimum Gasteiger partial charge on any atom is -0.493 e. The van der Waals surface area contributed by atoms with Gasteiger partial charge in [0.2, 0.25) is 5.54 Å². The van der Waals surface area contributed by atoms with Crippen molar-refractivity contribution in [2.75, 3.05) is 34.0 Å². The molecule has 0 aliphatic rings. The molecule has 0 bridgehead atoms. The third kappa shape index (κ3) is 9.14. The topological polar surface area (TPSA) is 106 Å². The highest BCUT2D eigenvalue weighted by atomic mass is 16.6. The number of hydrogen-bond donors (Lipinski definition) is 1.